The zero-order chi connectivity index (χ0) is 15.9. The molecule has 2 aromatic rings. The van der Waals surface area contributed by atoms with E-state index in [9.17, 15) is 4.79 Å². The standard InChI is InChI=1S/C18H22N2O2/c1-13(2)15-7-9-16(10-8-15)20-18(21)19-12-14-5-4-6-17(11-14)22-3/h4-11,13H,12H2,1-3H3,(H2,19,20,21). The molecule has 116 valence electrons. The van der Waals surface area contributed by atoms with Gasteiger partial charge < -0.3 is 15.4 Å². The van der Waals surface area contributed by atoms with Gasteiger partial charge in [0.05, 0.1) is 7.11 Å². The molecule has 0 aromatic heterocycles. The number of hydrogen-bond acceptors (Lipinski definition) is 2. The minimum atomic E-state index is -0.222. The maximum absolute atomic E-state index is 11.9. The highest BCUT2D eigenvalue weighted by molar-refractivity contribution is 5.89. The SMILES string of the molecule is COc1cccc(CNC(=O)Nc2ccc(C(C)C)cc2)c1. The lowest BCUT2D eigenvalue weighted by atomic mass is 10.0. The summed E-state index contributed by atoms with van der Waals surface area (Å²) in [5, 5.41) is 5.66. The Morgan fingerprint density at radius 2 is 1.86 bits per heavy atom. The molecule has 0 fully saturated rings. The maximum atomic E-state index is 11.9. The van der Waals surface area contributed by atoms with E-state index in [1.54, 1.807) is 7.11 Å². The Balaban J connectivity index is 1.87. The second-order valence-electron chi connectivity index (χ2n) is 5.44. The molecule has 2 aromatic carbocycles. The first-order chi connectivity index (χ1) is 10.6. The van der Waals surface area contributed by atoms with Crippen LogP contribution in [0.25, 0.3) is 0 Å². The summed E-state index contributed by atoms with van der Waals surface area (Å²) in [6, 6.07) is 15.3. The fraction of sp³-hybridized carbons (Fsp3) is 0.278. The van der Waals surface area contributed by atoms with Crippen LogP contribution in [0.3, 0.4) is 0 Å². The van der Waals surface area contributed by atoms with Gasteiger partial charge in [-0.1, -0.05) is 38.1 Å². The number of rotatable bonds is 5. The Bertz CT molecular complexity index is 621. The smallest absolute Gasteiger partial charge is 0.319 e. The molecular weight excluding hydrogens is 276 g/mol. The van der Waals surface area contributed by atoms with Crippen LogP contribution in [-0.4, -0.2) is 13.1 Å². The van der Waals surface area contributed by atoms with E-state index in [1.807, 2.05) is 48.5 Å². The van der Waals surface area contributed by atoms with E-state index < -0.39 is 0 Å². The molecule has 2 N–H and O–H groups in total. The molecule has 0 unspecified atom stereocenters. The van der Waals surface area contributed by atoms with Gasteiger partial charge in [-0.15, -0.1) is 0 Å². The Hall–Kier alpha value is -2.49. The summed E-state index contributed by atoms with van der Waals surface area (Å²) in [4.78, 5) is 11.9. The van der Waals surface area contributed by atoms with Crippen molar-refractivity contribution in [3.05, 3.63) is 59.7 Å². The van der Waals surface area contributed by atoms with Crippen LogP contribution < -0.4 is 15.4 Å². The molecule has 0 atom stereocenters. The van der Waals surface area contributed by atoms with Gasteiger partial charge in [-0.05, 0) is 41.3 Å². The van der Waals surface area contributed by atoms with E-state index in [2.05, 4.69) is 24.5 Å². The molecule has 0 spiro atoms. The van der Waals surface area contributed by atoms with Crippen molar-refractivity contribution in [1.29, 1.82) is 0 Å². The zero-order valence-electron chi connectivity index (χ0n) is 13.2. The van der Waals surface area contributed by atoms with E-state index in [0.29, 0.717) is 12.5 Å². The number of methoxy groups -OCH3 is 1. The van der Waals surface area contributed by atoms with Crippen LogP contribution in [-0.2, 0) is 6.54 Å². The molecule has 2 rings (SSSR count). The molecule has 0 aliphatic heterocycles. The number of anilines is 1. The number of carbonyl (C=O) groups excluding carboxylic acids is 1. The summed E-state index contributed by atoms with van der Waals surface area (Å²) in [6.07, 6.45) is 0. The number of amides is 2. The van der Waals surface area contributed by atoms with Gasteiger partial charge in [0.2, 0.25) is 0 Å². The highest BCUT2D eigenvalue weighted by atomic mass is 16.5. The second-order valence-corrected chi connectivity index (χ2v) is 5.44. The number of benzene rings is 2. The largest absolute Gasteiger partial charge is 0.497 e. The van der Waals surface area contributed by atoms with Crippen molar-refractivity contribution in [2.45, 2.75) is 26.3 Å². The van der Waals surface area contributed by atoms with Crippen LogP contribution in [0.2, 0.25) is 0 Å². The highest BCUT2D eigenvalue weighted by Crippen LogP contribution is 2.17. The molecule has 0 saturated heterocycles. The lowest BCUT2D eigenvalue weighted by Crippen LogP contribution is -2.28. The fourth-order valence-electron chi connectivity index (χ4n) is 2.09. The first-order valence-electron chi connectivity index (χ1n) is 7.36. The van der Waals surface area contributed by atoms with Crippen molar-refractivity contribution in [2.24, 2.45) is 0 Å². The molecule has 4 nitrogen and oxygen atoms in total. The number of nitrogens with one attached hydrogen (secondary N) is 2. The van der Waals surface area contributed by atoms with Crippen molar-refractivity contribution in [2.75, 3.05) is 12.4 Å². The molecule has 0 aliphatic rings. The zero-order valence-corrected chi connectivity index (χ0v) is 13.2. The predicted octanol–water partition coefficient (Wildman–Crippen LogP) is 4.14. The molecule has 4 heteroatoms. The van der Waals surface area contributed by atoms with Crippen LogP contribution >= 0.6 is 0 Å². The average molecular weight is 298 g/mol. The van der Waals surface area contributed by atoms with Crippen molar-refractivity contribution >= 4 is 11.7 Å². The van der Waals surface area contributed by atoms with Gasteiger partial charge in [0, 0.05) is 12.2 Å². The van der Waals surface area contributed by atoms with Gasteiger partial charge >= 0.3 is 6.03 Å². The first kappa shape index (κ1) is 15.9. The first-order valence-corrected chi connectivity index (χ1v) is 7.36. The maximum Gasteiger partial charge on any atom is 0.319 e. The molecule has 0 saturated carbocycles. The summed E-state index contributed by atoms with van der Waals surface area (Å²) in [6.45, 7) is 4.74. The molecule has 22 heavy (non-hydrogen) atoms. The van der Waals surface area contributed by atoms with Crippen molar-refractivity contribution < 1.29 is 9.53 Å². The average Bonchev–Trinajstić information content (AvgIpc) is 2.53. The summed E-state index contributed by atoms with van der Waals surface area (Å²) in [5.74, 6) is 1.26. The van der Waals surface area contributed by atoms with Gasteiger partial charge in [0.1, 0.15) is 5.75 Å². The molecule has 0 aliphatic carbocycles. The fourth-order valence-corrected chi connectivity index (χ4v) is 2.09. The van der Waals surface area contributed by atoms with E-state index in [-0.39, 0.29) is 6.03 Å². The van der Waals surface area contributed by atoms with E-state index in [4.69, 9.17) is 4.74 Å². The number of hydrogen-bond donors (Lipinski definition) is 2. The monoisotopic (exact) mass is 298 g/mol. The molecular formula is C18H22N2O2. The minimum absolute atomic E-state index is 0.222. The van der Waals surface area contributed by atoms with E-state index in [1.165, 1.54) is 5.56 Å². The quantitative estimate of drug-likeness (QED) is 0.871. The second kappa shape index (κ2) is 7.50. The van der Waals surface area contributed by atoms with Crippen molar-refractivity contribution in [3.8, 4) is 5.75 Å². The van der Waals surface area contributed by atoms with Crippen LogP contribution in [0.1, 0.15) is 30.9 Å². The van der Waals surface area contributed by atoms with Crippen LogP contribution in [0.15, 0.2) is 48.5 Å². The predicted molar refractivity (Wildman–Crippen MR) is 89.4 cm³/mol. The summed E-state index contributed by atoms with van der Waals surface area (Å²) in [5.41, 5.74) is 3.03. The molecule has 0 radical (unpaired) electrons. The topological polar surface area (TPSA) is 50.4 Å². The lowest BCUT2D eigenvalue weighted by Gasteiger charge is -2.10. The third-order valence-corrected chi connectivity index (χ3v) is 3.42. The molecule has 0 heterocycles. The third kappa shape index (κ3) is 4.52. The summed E-state index contributed by atoms with van der Waals surface area (Å²) in [7, 11) is 1.63. The Morgan fingerprint density at radius 1 is 1.14 bits per heavy atom. The normalized spacial score (nSPS) is 10.4. The Kier molecular flexibility index (Phi) is 5.42. The van der Waals surface area contributed by atoms with Crippen LogP contribution in [0, 0.1) is 0 Å². The molecule has 0 bridgehead atoms. The number of ether oxygens (including phenoxy) is 1. The van der Waals surface area contributed by atoms with Crippen LogP contribution in [0.5, 0.6) is 5.75 Å². The number of urea groups is 1. The van der Waals surface area contributed by atoms with Gasteiger partial charge in [0.15, 0.2) is 0 Å². The number of carbonyl (C=O) groups is 1. The van der Waals surface area contributed by atoms with E-state index >= 15 is 0 Å². The van der Waals surface area contributed by atoms with Gasteiger partial charge in [-0.2, -0.15) is 0 Å². The van der Waals surface area contributed by atoms with Crippen molar-refractivity contribution in [1.82, 2.24) is 5.32 Å². The Labute approximate surface area is 131 Å². The van der Waals surface area contributed by atoms with Gasteiger partial charge in [0.25, 0.3) is 0 Å². The van der Waals surface area contributed by atoms with Crippen molar-refractivity contribution in [3.63, 3.8) is 0 Å². The van der Waals surface area contributed by atoms with Gasteiger partial charge in [-0.3, -0.25) is 0 Å². The van der Waals surface area contributed by atoms with Crippen LogP contribution in [0.4, 0.5) is 10.5 Å². The summed E-state index contributed by atoms with van der Waals surface area (Å²) < 4.78 is 5.16. The third-order valence-electron chi connectivity index (χ3n) is 3.42. The summed E-state index contributed by atoms with van der Waals surface area (Å²) >= 11 is 0. The lowest BCUT2D eigenvalue weighted by molar-refractivity contribution is 0.251. The minimum Gasteiger partial charge on any atom is -0.497 e. The van der Waals surface area contributed by atoms with E-state index in [0.717, 1.165) is 17.0 Å². The Morgan fingerprint density at radius 3 is 2.50 bits per heavy atom. The van der Waals surface area contributed by atoms with Gasteiger partial charge in [-0.25, -0.2) is 4.79 Å². The molecule has 2 amide bonds. The highest BCUT2D eigenvalue weighted by Gasteiger charge is 2.04.